The summed E-state index contributed by atoms with van der Waals surface area (Å²) in [5.74, 6) is 0.528. The molecule has 0 N–H and O–H groups in total. The van der Waals surface area contributed by atoms with E-state index in [4.69, 9.17) is 16.3 Å². The second-order valence-corrected chi connectivity index (χ2v) is 6.06. The quantitative estimate of drug-likeness (QED) is 0.565. The number of esters is 1. The van der Waals surface area contributed by atoms with E-state index in [0.29, 0.717) is 22.6 Å². The Labute approximate surface area is 120 Å². The van der Waals surface area contributed by atoms with Gasteiger partial charge >= 0.3 is 5.97 Å². The van der Waals surface area contributed by atoms with E-state index in [1.165, 1.54) is 12.8 Å². The van der Waals surface area contributed by atoms with E-state index in [1.54, 1.807) is 18.2 Å². The molecule has 0 bridgehead atoms. The highest BCUT2D eigenvalue weighted by molar-refractivity contribution is 6.30. The molecule has 1 aromatic rings. The molecular weight excluding hydrogens is 260 g/mol. The van der Waals surface area contributed by atoms with Gasteiger partial charge in [-0.1, -0.05) is 37.9 Å². The molecule has 19 heavy (non-hydrogen) atoms. The van der Waals surface area contributed by atoms with Crippen molar-refractivity contribution in [2.45, 2.75) is 39.5 Å². The molecule has 1 aliphatic carbocycles. The fraction of sp³-hybridized carbons (Fsp3) is 0.562. The lowest BCUT2D eigenvalue weighted by molar-refractivity contribution is 0.0491. The topological polar surface area (TPSA) is 26.3 Å². The minimum Gasteiger partial charge on any atom is -0.462 e. The molecule has 0 spiro atoms. The van der Waals surface area contributed by atoms with Crippen LogP contribution in [0.15, 0.2) is 18.2 Å². The molecule has 0 aliphatic heterocycles. The molecule has 1 aromatic carbocycles. The van der Waals surface area contributed by atoms with Gasteiger partial charge in [0.1, 0.15) is 0 Å². The van der Waals surface area contributed by atoms with Gasteiger partial charge in [-0.25, -0.2) is 4.79 Å². The third-order valence-corrected chi connectivity index (χ3v) is 4.37. The number of ether oxygens (including phenoxy) is 1. The lowest BCUT2D eigenvalue weighted by atomic mass is 9.99. The van der Waals surface area contributed by atoms with Crippen molar-refractivity contribution in [3.8, 4) is 0 Å². The Hall–Kier alpha value is -1.02. The van der Waals surface area contributed by atoms with Crippen molar-refractivity contribution in [2.75, 3.05) is 6.61 Å². The molecule has 0 amide bonds. The maximum Gasteiger partial charge on any atom is 0.338 e. The van der Waals surface area contributed by atoms with Crippen LogP contribution in [0.5, 0.6) is 0 Å². The lowest BCUT2D eigenvalue weighted by Crippen LogP contribution is -2.08. The van der Waals surface area contributed by atoms with E-state index in [-0.39, 0.29) is 5.97 Å². The van der Waals surface area contributed by atoms with E-state index in [9.17, 15) is 4.79 Å². The molecule has 1 fully saturated rings. The minimum atomic E-state index is -0.338. The van der Waals surface area contributed by atoms with Crippen LogP contribution in [0.2, 0.25) is 5.02 Å². The summed E-state index contributed by atoms with van der Waals surface area (Å²) in [6.07, 6.45) is 4.64. The summed E-state index contributed by atoms with van der Waals surface area (Å²) in [6.45, 7) is 5.05. The fourth-order valence-electron chi connectivity index (χ4n) is 2.72. The van der Waals surface area contributed by atoms with Gasteiger partial charge in [0.05, 0.1) is 12.2 Å². The smallest absolute Gasteiger partial charge is 0.338 e. The third-order valence-electron chi connectivity index (χ3n) is 4.14. The van der Waals surface area contributed by atoms with Crippen LogP contribution in [0.25, 0.3) is 0 Å². The Morgan fingerprint density at radius 3 is 3.05 bits per heavy atom. The van der Waals surface area contributed by atoms with Crippen LogP contribution in [0, 0.1) is 17.4 Å². The average molecular weight is 280 g/mol. The van der Waals surface area contributed by atoms with Crippen molar-refractivity contribution in [1.29, 1.82) is 0 Å². The molecule has 0 aromatic heterocycles. The van der Waals surface area contributed by atoms with Gasteiger partial charge < -0.3 is 4.74 Å². The minimum absolute atomic E-state index is 0.338. The molecule has 3 heteroatoms. The van der Waals surface area contributed by atoms with Crippen molar-refractivity contribution in [3.63, 3.8) is 0 Å². The number of rotatable bonds is 6. The van der Waals surface area contributed by atoms with Crippen LogP contribution < -0.4 is 0 Å². The van der Waals surface area contributed by atoms with Gasteiger partial charge in [0.2, 0.25) is 0 Å². The first-order chi connectivity index (χ1) is 9.05. The van der Waals surface area contributed by atoms with Crippen LogP contribution in [0.1, 0.15) is 49.9 Å². The van der Waals surface area contributed by atoms with Crippen molar-refractivity contribution >= 4 is 17.6 Å². The largest absolute Gasteiger partial charge is 0.462 e. The first kappa shape index (κ1) is 14.4. The molecule has 103 valence electrons. The number of hydrogen-bond donors (Lipinski definition) is 0. The van der Waals surface area contributed by atoms with Gasteiger partial charge in [0.15, 0.2) is 0 Å². The Bertz CT molecular complexity index is 458. The zero-order valence-electron chi connectivity index (χ0n) is 11.5. The van der Waals surface area contributed by atoms with Crippen molar-refractivity contribution in [2.24, 2.45) is 11.3 Å². The van der Waals surface area contributed by atoms with Crippen LogP contribution >= 0.6 is 11.6 Å². The Morgan fingerprint density at radius 1 is 1.63 bits per heavy atom. The maximum absolute atomic E-state index is 11.7. The van der Waals surface area contributed by atoms with Gasteiger partial charge in [-0.05, 0) is 48.8 Å². The number of benzene rings is 1. The summed E-state index contributed by atoms with van der Waals surface area (Å²) in [5.41, 5.74) is 0.889. The summed E-state index contributed by atoms with van der Waals surface area (Å²) in [7, 11) is 0. The highest BCUT2D eigenvalue weighted by atomic mass is 35.5. The Balaban J connectivity index is 1.70. The normalized spacial score (nSPS) is 25.1. The third kappa shape index (κ3) is 3.73. The van der Waals surface area contributed by atoms with Crippen LogP contribution in [-0.2, 0) is 4.74 Å². The molecule has 0 heterocycles. The van der Waals surface area contributed by atoms with Crippen molar-refractivity contribution < 1.29 is 9.53 Å². The summed E-state index contributed by atoms with van der Waals surface area (Å²) < 4.78 is 5.25. The van der Waals surface area contributed by atoms with E-state index >= 15 is 0 Å². The van der Waals surface area contributed by atoms with Gasteiger partial charge in [-0.3, -0.25) is 0 Å². The molecule has 2 nitrogen and oxygen atoms in total. The SMILES string of the molecule is CCC1CC1(C)CCCOC(=O)c1[c]ccc(Cl)c1. The van der Waals surface area contributed by atoms with Gasteiger partial charge in [-0.2, -0.15) is 0 Å². The average Bonchev–Trinajstić information content (AvgIpc) is 3.06. The van der Waals surface area contributed by atoms with Gasteiger partial charge in [0.25, 0.3) is 0 Å². The molecule has 2 rings (SSSR count). The molecule has 1 aliphatic rings. The number of carbonyl (C=O) groups is 1. The molecule has 0 saturated heterocycles. The summed E-state index contributed by atoms with van der Waals surface area (Å²) in [5, 5.41) is 0.530. The van der Waals surface area contributed by atoms with Gasteiger partial charge in [-0.15, -0.1) is 0 Å². The number of carbonyl (C=O) groups excluding carboxylic acids is 1. The Morgan fingerprint density at radius 2 is 2.42 bits per heavy atom. The van der Waals surface area contributed by atoms with Crippen LogP contribution in [0.3, 0.4) is 0 Å². The maximum atomic E-state index is 11.7. The fourth-order valence-corrected chi connectivity index (χ4v) is 2.89. The highest BCUT2D eigenvalue weighted by Crippen LogP contribution is 2.57. The van der Waals surface area contributed by atoms with Crippen molar-refractivity contribution in [3.05, 3.63) is 34.9 Å². The summed E-state index contributed by atoms with van der Waals surface area (Å²) >= 11 is 5.82. The van der Waals surface area contributed by atoms with Gasteiger partial charge in [0, 0.05) is 5.02 Å². The van der Waals surface area contributed by atoms with E-state index in [0.717, 1.165) is 18.8 Å². The standard InChI is InChI=1S/C16H20ClO2/c1-3-13-11-16(13,2)8-5-9-19-15(18)12-6-4-7-14(17)10-12/h4,7,10,13H,3,5,8-9,11H2,1-2H3. The predicted octanol–water partition coefficient (Wildman–Crippen LogP) is 4.51. The zero-order valence-corrected chi connectivity index (χ0v) is 12.3. The monoisotopic (exact) mass is 279 g/mol. The lowest BCUT2D eigenvalue weighted by Gasteiger charge is -2.10. The first-order valence-corrected chi connectivity index (χ1v) is 7.27. The Kier molecular flexibility index (Phi) is 4.51. The van der Waals surface area contributed by atoms with Crippen LogP contribution in [0.4, 0.5) is 0 Å². The van der Waals surface area contributed by atoms with Crippen molar-refractivity contribution in [1.82, 2.24) is 0 Å². The van der Waals surface area contributed by atoms with E-state index < -0.39 is 0 Å². The summed E-state index contributed by atoms with van der Waals surface area (Å²) in [4.78, 5) is 11.7. The first-order valence-electron chi connectivity index (χ1n) is 6.89. The molecular formula is C16H20ClO2. The second-order valence-electron chi connectivity index (χ2n) is 5.62. The second kappa shape index (κ2) is 5.96. The molecule has 2 atom stereocenters. The summed E-state index contributed by atoms with van der Waals surface area (Å²) in [6, 6.07) is 7.74. The number of halogens is 1. The molecule has 1 radical (unpaired) electrons. The van der Waals surface area contributed by atoms with E-state index in [2.05, 4.69) is 19.9 Å². The number of hydrogen-bond acceptors (Lipinski definition) is 2. The zero-order chi connectivity index (χ0) is 13.9. The predicted molar refractivity (Wildman–Crippen MR) is 76.3 cm³/mol. The molecule has 2 unspecified atom stereocenters. The van der Waals surface area contributed by atoms with Crippen LogP contribution in [-0.4, -0.2) is 12.6 Å². The highest BCUT2D eigenvalue weighted by Gasteiger charge is 2.47. The van der Waals surface area contributed by atoms with E-state index in [1.807, 2.05) is 0 Å². The molecule has 1 saturated carbocycles.